The molecule has 40 heavy (non-hydrogen) atoms. The highest BCUT2D eigenvalue weighted by Gasteiger charge is 2.37. The van der Waals surface area contributed by atoms with Crippen LogP contribution in [0.4, 0.5) is 22.0 Å². The van der Waals surface area contributed by atoms with Crippen molar-refractivity contribution in [3.05, 3.63) is 56.3 Å². The largest absolute Gasteiger partial charge is 0.484 e. The number of ether oxygens (including phenoxy) is 1. The van der Waals surface area contributed by atoms with Gasteiger partial charge in [-0.2, -0.15) is 23.4 Å². The number of thiophene rings is 1. The molecule has 0 amide bonds. The summed E-state index contributed by atoms with van der Waals surface area (Å²) >= 11 is 0.991. The fourth-order valence-electron chi connectivity index (χ4n) is 4.99. The standard InChI is InChI=1S/C30H30F5N3OS/c1-15(2)27-21(13-36)24-19(10-11-23(31)28(24)40-27)25-22(30(33,34)35)12-20(16(3)26(25)32)29(37-17(4)39-6)38(5)14-18-8-7-9-18/h10-12,15,18H,3,7-9,14H2,1-2,4-6H3/b29-20+,37-17+. The lowest BCUT2D eigenvalue weighted by Gasteiger charge is -2.31. The fourth-order valence-corrected chi connectivity index (χ4v) is 6.17. The summed E-state index contributed by atoms with van der Waals surface area (Å²) in [5.74, 6) is -1.45. The minimum Gasteiger partial charge on any atom is -0.484 e. The molecule has 4 nitrogen and oxygen atoms in total. The van der Waals surface area contributed by atoms with E-state index in [0.717, 1.165) is 48.8 Å². The van der Waals surface area contributed by atoms with Crippen molar-refractivity contribution in [2.24, 2.45) is 10.9 Å². The molecular weight excluding hydrogens is 545 g/mol. The van der Waals surface area contributed by atoms with E-state index < -0.39 is 28.9 Å². The number of hydrogen-bond donors (Lipinski definition) is 0. The second-order valence-corrected chi connectivity index (χ2v) is 11.4. The maximum absolute atomic E-state index is 16.3. The minimum atomic E-state index is -4.99. The Bertz CT molecular complexity index is 1650. The molecule has 0 aliphatic heterocycles. The van der Waals surface area contributed by atoms with Crippen LogP contribution >= 0.6 is 11.3 Å². The number of nitrogens with zero attached hydrogens (tertiary/aromatic N) is 3. The molecule has 0 N–H and O–H groups in total. The van der Waals surface area contributed by atoms with Gasteiger partial charge in [0.25, 0.3) is 0 Å². The van der Waals surface area contributed by atoms with E-state index >= 15 is 4.39 Å². The van der Waals surface area contributed by atoms with Gasteiger partial charge in [0, 0.05) is 46.8 Å². The molecule has 0 radical (unpaired) electrons. The normalized spacial score (nSPS) is 15.3. The average molecular weight is 576 g/mol. The van der Waals surface area contributed by atoms with Gasteiger partial charge >= 0.3 is 6.18 Å². The summed E-state index contributed by atoms with van der Waals surface area (Å²) in [5, 5.41) is 9.47. The molecule has 10 heteroatoms. The van der Waals surface area contributed by atoms with Gasteiger partial charge in [0.2, 0.25) is 0 Å². The van der Waals surface area contributed by atoms with Crippen molar-refractivity contribution in [1.82, 2.24) is 4.90 Å². The van der Waals surface area contributed by atoms with Crippen molar-refractivity contribution in [2.75, 3.05) is 20.7 Å². The Morgan fingerprint density at radius 2 is 1.95 bits per heavy atom. The molecule has 3 aromatic rings. The van der Waals surface area contributed by atoms with Gasteiger partial charge in [-0.25, -0.2) is 8.78 Å². The van der Waals surface area contributed by atoms with Crippen LogP contribution in [-0.4, -0.2) is 31.5 Å². The quantitative estimate of drug-likeness (QED) is 0.179. The van der Waals surface area contributed by atoms with Gasteiger partial charge in [0.15, 0.2) is 5.90 Å². The molecule has 1 heterocycles. The fraction of sp³-hybridized carbons (Fsp3) is 0.400. The zero-order chi connectivity index (χ0) is 29.5. The highest BCUT2D eigenvalue weighted by molar-refractivity contribution is 7.19. The summed E-state index contributed by atoms with van der Waals surface area (Å²) in [7, 11) is 3.08. The van der Waals surface area contributed by atoms with Crippen molar-refractivity contribution < 1.29 is 26.7 Å². The lowest BCUT2D eigenvalue weighted by Crippen LogP contribution is -2.38. The van der Waals surface area contributed by atoms with Gasteiger partial charge in [0.1, 0.15) is 23.5 Å². The SMILES string of the molecule is C=c1c(F)c(-c2ccc(F)c3sc(C(C)C)c(C#N)c23)c(C(F)(F)F)c/c1=C(/N=C(\C)OC)N(C)CC1CCC1. The first kappa shape index (κ1) is 29.5. The molecule has 0 saturated heterocycles. The number of nitriles is 1. The molecule has 0 atom stereocenters. The van der Waals surface area contributed by atoms with Gasteiger partial charge in [-0.05, 0) is 42.4 Å². The molecule has 2 aromatic carbocycles. The Labute approximate surface area is 233 Å². The molecule has 4 rings (SSSR count). The molecule has 1 aliphatic rings. The van der Waals surface area contributed by atoms with E-state index in [1.807, 2.05) is 6.07 Å². The monoisotopic (exact) mass is 575 g/mol. The summed E-state index contributed by atoms with van der Waals surface area (Å²) in [6.07, 6.45) is -1.93. The van der Waals surface area contributed by atoms with E-state index in [-0.39, 0.29) is 49.3 Å². The van der Waals surface area contributed by atoms with Crippen LogP contribution in [0.1, 0.15) is 62.0 Å². The number of benzene rings is 2. The van der Waals surface area contributed by atoms with E-state index in [9.17, 15) is 22.8 Å². The molecule has 1 saturated carbocycles. The van der Waals surface area contributed by atoms with Crippen LogP contribution in [0.5, 0.6) is 0 Å². The van der Waals surface area contributed by atoms with Crippen molar-refractivity contribution >= 4 is 39.7 Å². The number of aliphatic imine (C=N–C) groups is 1. The molecule has 1 aromatic heterocycles. The first-order chi connectivity index (χ1) is 18.8. The molecule has 212 valence electrons. The van der Waals surface area contributed by atoms with E-state index in [2.05, 4.69) is 11.6 Å². The second-order valence-electron chi connectivity index (χ2n) is 10.4. The highest BCUT2D eigenvalue weighted by Crippen LogP contribution is 2.45. The predicted octanol–water partition coefficient (Wildman–Crippen LogP) is 7.13. The second kappa shape index (κ2) is 11.2. The van der Waals surface area contributed by atoms with E-state index in [1.165, 1.54) is 7.11 Å². The average Bonchev–Trinajstić information content (AvgIpc) is 3.27. The number of rotatable bonds is 6. The Morgan fingerprint density at radius 3 is 2.48 bits per heavy atom. The predicted molar refractivity (Wildman–Crippen MR) is 149 cm³/mol. The first-order valence-corrected chi connectivity index (χ1v) is 13.7. The van der Waals surface area contributed by atoms with Crippen molar-refractivity contribution in [3.63, 3.8) is 0 Å². The van der Waals surface area contributed by atoms with E-state index in [1.54, 1.807) is 32.7 Å². The summed E-state index contributed by atoms with van der Waals surface area (Å²) in [6, 6.07) is 4.96. The maximum atomic E-state index is 16.3. The van der Waals surface area contributed by atoms with Crippen molar-refractivity contribution in [2.45, 2.75) is 52.1 Å². The number of alkyl halides is 3. The van der Waals surface area contributed by atoms with Gasteiger partial charge in [-0.1, -0.05) is 32.9 Å². The number of halogens is 5. The number of hydrogen-bond acceptors (Lipinski definition) is 5. The minimum absolute atomic E-state index is 0.00719. The Kier molecular flexibility index (Phi) is 8.27. The van der Waals surface area contributed by atoms with Crippen LogP contribution in [0.15, 0.2) is 23.2 Å². The zero-order valence-electron chi connectivity index (χ0n) is 23.0. The van der Waals surface area contributed by atoms with Crippen LogP contribution in [-0.2, 0) is 10.9 Å². The molecular formula is C30H30F5N3OS. The third-order valence-corrected chi connectivity index (χ3v) is 8.81. The summed E-state index contributed by atoms with van der Waals surface area (Å²) in [6.45, 7) is 9.49. The Morgan fingerprint density at radius 1 is 1.27 bits per heavy atom. The molecule has 0 unspecified atom stereocenters. The van der Waals surface area contributed by atoms with Gasteiger partial charge in [-0.3, -0.25) is 0 Å². The molecule has 1 fully saturated rings. The Hall–Kier alpha value is -3.45. The van der Waals surface area contributed by atoms with E-state index in [4.69, 9.17) is 4.74 Å². The molecule has 1 aliphatic carbocycles. The highest BCUT2D eigenvalue weighted by atomic mass is 32.1. The van der Waals surface area contributed by atoms with Crippen LogP contribution in [0, 0.1) is 28.9 Å². The summed E-state index contributed by atoms with van der Waals surface area (Å²) in [4.78, 5) is 6.61. The van der Waals surface area contributed by atoms with E-state index in [0.29, 0.717) is 17.3 Å². The summed E-state index contributed by atoms with van der Waals surface area (Å²) < 4.78 is 80.4. The first-order valence-electron chi connectivity index (χ1n) is 12.9. The third kappa shape index (κ3) is 5.31. The van der Waals surface area contributed by atoms with Crippen molar-refractivity contribution in [3.8, 4) is 17.2 Å². The summed E-state index contributed by atoms with van der Waals surface area (Å²) in [5.41, 5.74) is -2.21. The molecule has 0 spiro atoms. The zero-order valence-corrected chi connectivity index (χ0v) is 23.8. The van der Waals surface area contributed by atoms with Crippen molar-refractivity contribution in [1.29, 1.82) is 5.26 Å². The van der Waals surface area contributed by atoms with Crippen LogP contribution < -0.4 is 10.4 Å². The van der Waals surface area contributed by atoms with Gasteiger partial charge < -0.3 is 9.64 Å². The lowest BCUT2D eigenvalue weighted by atomic mass is 9.85. The number of fused-ring (bicyclic) bond motifs is 1. The molecule has 0 bridgehead atoms. The topological polar surface area (TPSA) is 48.6 Å². The Balaban J connectivity index is 2.14. The van der Waals surface area contributed by atoms with Crippen LogP contribution in [0.2, 0.25) is 0 Å². The van der Waals surface area contributed by atoms with Crippen LogP contribution in [0.3, 0.4) is 0 Å². The maximum Gasteiger partial charge on any atom is 0.417 e. The number of methoxy groups -OCH3 is 1. The third-order valence-electron chi connectivity index (χ3n) is 7.31. The smallest absolute Gasteiger partial charge is 0.417 e. The lowest BCUT2D eigenvalue weighted by molar-refractivity contribution is -0.137. The van der Waals surface area contributed by atoms with Gasteiger partial charge in [0.05, 0.1) is 22.9 Å². The van der Waals surface area contributed by atoms with Crippen LogP contribution in [0.25, 0.3) is 33.6 Å². The van der Waals surface area contributed by atoms with Gasteiger partial charge in [-0.15, -0.1) is 11.3 Å².